The van der Waals surface area contributed by atoms with Gasteiger partial charge >= 0.3 is 0 Å². The van der Waals surface area contributed by atoms with Crippen molar-refractivity contribution in [3.05, 3.63) is 101 Å². The van der Waals surface area contributed by atoms with Gasteiger partial charge in [0, 0.05) is 66.5 Å². The predicted octanol–water partition coefficient (Wildman–Crippen LogP) is 4.81. The minimum atomic E-state index is -4.49. The Balaban J connectivity index is 1.39. The Kier molecular flexibility index (Phi) is 7.57. The molecule has 0 N–H and O–H groups in total. The molecule has 3 aliphatic rings. The van der Waals surface area contributed by atoms with Crippen molar-refractivity contribution in [2.24, 2.45) is 11.8 Å². The highest BCUT2D eigenvalue weighted by Crippen LogP contribution is 2.55. The maximum Gasteiger partial charge on any atom is 0.274 e. The molecule has 0 aliphatic carbocycles. The average molecular weight is 661 g/mol. The molecule has 3 aromatic carbocycles. The van der Waals surface area contributed by atoms with E-state index >= 15 is 4.79 Å². The van der Waals surface area contributed by atoms with E-state index in [1.807, 2.05) is 30.3 Å². The van der Waals surface area contributed by atoms with Crippen molar-refractivity contribution in [3.8, 4) is 17.2 Å². The van der Waals surface area contributed by atoms with E-state index < -0.39 is 21.5 Å². The van der Waals surface area contributed by atoms with Crippen molar-refractivity contribution in [1.82, 2.24) is 9.88 Å². The molecule has 4 aromatic rings. The number of halogens is 1. The third-order valence-electron chi connectivity index (χ3n) is 9.44. The van der Waals surface area contributed by atoms with Gasteiger partial charge in [-0.1, -0.05) is 29.8 Å². The molecule has 4 heterocycles. The van der Waals surface area contributed by atoms with Crippen LogP contribution in [0.3, 0.4) is 0 Å². The summed E-state index contributed by atoms with van der Waals surface area (Å²) in [6, 6.07) is 20.6. The van der Waals surface area contributed by atoms with Crippen LogP contribution in [0.4, 0.5) is 11.4 Å². The van der Waals surface area contributed by atoms with Crippen LogP contribution in [0.5, 0.6) is 17.2 Å². The number of pyridine rings is 1. The highest BCUT2D eigenvalue weighted by Gasteiger charge is 2.62. The van der Waals surface area contributed by atoms with Gasteiger partial charge in [-0.3, -0.25) is 14.7 Å². The molecule has 0 radical (unpaired) electrons. The zero-order valence-corrected chi connectivity index (χ0v) is 27.2. The van der Waals surface area contributed by atoms with Gasteiger partial charge in [-0.05, 0) is 60.4 Å². The van der Waals surface area contributed by atoms with Crippen molar-refractivity contribution in [2.75, 3.05) is 56.7 Å². The molecule has 0 spiro atoms. The number of anilines is 2. The lowest BCUT2D eigenvalue weighted by molar-refractivity contribution is -0.126. The number of nitrogens with zero attached hydrogens (tertiary/aromatic N) is 4. The van der Waals surface area contributed by atoms with Gasteiger partial charge in [-0.25, -0.2) is 12.7 Å². The lowest BCUT2D eigenvalue weighted by atomic mass is 9.81. The van der Waals surface area contributed by atoms with Crippen LogP contribution < -0.4 is 23.4 Å². The SMILES string of the molecule is COc1ccc(S(=O)(=O)N2C(=O)C(c3ccccc3OC)(N3CC4CN(c5ccncc5)CC4C3)c3cc(Cl)ccc32)c(OC)c1. The number of carbonyl (C=O) groups is 1. The Labute approximate surface area is 273 Å². The van der Waals surface area contributed by atoms with Crippen LogP contribution in [-0.2, 0) is 20.4 Å². The summed E-state index contributed by atoms with van der Waals surface area (Å²) in [7, 11) is -0.0844. The number of aromatic nitrogens is 1. The number of hydrogen-bond donors (Lipinski definition) is 0. The second kappa shape index (κ2) is 11.5. The summed E-state index contributed by atoms with van der Waals surface area (Å²) in [5.41, 5.74) is 0.836. The molecule has 12 heteroatoms. The molecule has 1 amide bonds. The normalized spacial score (nSPS) is 22.6. The molecule has 46 heavy (non-hydrogen) atoms. The largest absolute Gasteiger partial charge is 0.497 e. The number of carbonyl (C=O) groups excluding carboxylic acids is 1. The van der Waals surface area contributed by atoms with Crippen molar-refractivity contribution in [2.45, 2.75) is 10.4 Å². The average Bonchev–Trinajstić information content (AvgIpc) is 3.73. The highest BCUT2D eigenvalue weighted by atomic mass is 35.5. The molecule has 0 saturated carbocycles. The van der Waals surface area contributed by atoms with Crippen LogP contribution in [0.15, 0.2) is 90.1 Å². The van der Waals surface area contributed by atoms with Crippen molar-refractivity contribution in [3.63, 3.8) is 0 Å². The van der Waals surface area contributed by atoms with Gasteiger partial charge in [0.25, 0.3) is 15.9 Å². The number of fused-ring (bicyclic) bond motifs is 2. The van der Waals surface area contributed by atoms with Crippen molar-refractivity contribution < 1.29 is 27.4 Å². The first-order valence-corrected chi connectivity index (χ1v) is 16.7. The summed E-state index contributed by atoms with van der Waals surface area (Å²) < 4.78 is 46.8. The van der Waals surface area contributed by atoms with Crippen LogP contribution in [0.25, 0.3) is 0 Å². The molecule has 3 aliphatic heterocycles. The van der Waals surface area contributed by atoms with Crippen LogP contribution >= 0.6 is 11.6 Å². The molecule has 3 atom stereocenters. The number of likely N-dealkylation sites (tertiary alicyclic amines) is 1. The van der Waals surface area contributed by atoms with E-state index in [0.29, 0.717) is 40.7 Å². The van der Waals surface area contributed by atoms with E-state index in [4.69, 9.17) is 25.8 Å². The van der Waals surface area contributed by atoms with Gasteiger partial charge in [0.2, 0.25) is 0 Å². The number of rotatable bonds is 8. The molecule has 7 rings (SSSR count). The van der Waals surface area contributed by atoms with Crippen LogP contribution in [0, 0.1) is 11.8 Å². The summed E-state index contributed by atoms with van der Waals surface area (Å²) >= 11 is 6.63. The van der Waals surface area contributed by atoms with E-state index in [1.54, 1.807) is 43.8 Å². The zero-order chi connectivity index (χ0) is 32.2. The van der Waals surface area contributed by atoms with Gasteiger partial charge in [0.15, 0.2) is 5.54 Å². The molecule has 10 nitrogen and oxygen atoms in total. The standard InChI is InChI=1S/C34H33ClN4O6S/c1-43-26-9-11-32(31(17-26)45-3)46(41,42)39-29-10-8-24(35)16-28(29)34(33(39)40,27-6-4-5-7-30(27)44-2)38-20-22-18-37(19-23(22)21-38)25-12-14-36-15-13-25/h4-17,22-23H,18-21H2,1-3H3. The quantitative estimate of drug-likeness (QED) is 0.264. The first kappa shape index (κ1) is 30.3. The first-order valence-electron chi connectivity index (χ1n) is 14.9. The Morgan fingerprint density at radius 1 is 0.804 bits per heavy atom. The maximum absolute atomic E-state index is 15.3. The Bertz CT molecular complexity index is 1910. The Morgan fingerprint density at radius 3 is 2.17 bits per heavy atom. The summed E-state index contributed by atoms with van der Waals surface area (Å²) in [6.07, 6.45) is 3.58. The third-order valence-corrected chi connectivity index (χ3v) is 11.4. The topological polar surface area (TPSA) is 102 Å². The van der Waals surface area contributed by atoms with E-state index in [9.17, 15) is 8.42 Å². The van der Waals surface area contributed by atoms with E-state index in [2.05, 4.69) is 14.8 Å². The molecule has 2 saturated heterocycles. The van der Waals surface area contributed by atoms with Gasteiger partial charge in [-0.15, -0.1) is 0 Å². The number of benzene rings is 3. The van der Waals surface area contributed by atoms with Crippen LogP contribution in [-0.4, -0.2) is 71.7 Å². The van der Waals surface area contributed by atoms with Gasteiger partial charge in [0.05, 0.1) is 27.0 Å². The Morgan fingerprint density at radius 2 is 1.50 bits per heavy atom. The van der Waals surface area contributed by atoms with Gasteiger partial charge in [0.1, 0.15) is 22.1 Å². The number of para-hydroxylation sites is 1. The lowest BCUT2D eigenvalue weighted by Gasteiger charge is -2.39. The fourth-order valence-corrected chi connectivity index (χ4v) is 9.16. The molecule has 0 bridgehead atoms. The van der Waals surface area contributed by atoms with Crippen molar-refractivity contribution >= 4 is 38.9 Å². The molecule has 3 unspecified atom stereocenters. The minimum absolute atomic E-state index is 0.0596. The Hall–Kier alpha value is -4.32. The second-order valence-electron chi connectivity index (χ2n) is 11.7. The van der Waals surface area contributed by atoms with Gasteiger partial charge < -0.3 is 19.1 Å². The number of methoxy groups -OCH3 is 3. The van der Waals surface area contributed by atoms with E-state index in [0.717, 1.165) is 23.1 Å². The van der Waals surface area contributed by atoms with Crippen LogP contribution in [0.2, 0.25) is 5.02 Å². The molecule has 1 aromatic heterocycles. The summed E-state index contributed by atoms with van der Waals surface area (Å²) in [5.74, 6) is 0.801. The van der Waals surface area contributed by atoms with Crippen molar-refractivity contribution in [1.29, 1.82) is 0 Å². The highest BCUT2D eigenvalue weighted by molar-refractivity contribution is 7.93. The fourth-order valence-electron chi connectivity index (χ4n) is 7.38. The summed E-state index contributed by atoms with van der Waals surface area (Å²) in [5, 5.41) is 0.385. The molecular formula is C34H33ClN4O6S. The monoisotopic (exact) mass is 660 g/mol. The molecular weight excluding hydrogens is 628 g/mol. The number of ether oxygens (including phenoxy) is 3. The minimum Gasteiger partial charge on any atom is -0.497 e. The summed E-state index contributed by atoms with van der Waals surface area (Å²) in [6.45, 7) is 2.72. The van der Waals surface area contributed by atoms with E-state index in [-0.39, 0.29) is 28.2 Å². The molecule has 2 fully saturated rings. The summed E-state index contributed by atoms with van der Waals surface area (Å²) in [4.78, 5) is 23.8. The zero-order valence-electron chi connectivity index (χ0n) is 25.6. The number of amides is 1. The first-order chi connectivity index (χ1) is 22.2. The third kappa shape index (κ3) is 4.51. The fraction of sp³-hybridized carbons (Fsp3) is 0.294. The number of sulfonamides is 1. The lowest BCUT2D eigenvalue weighted by Crippen LogP contribution is -2.55. The number of hydrogen-bond acceptors (Lipinski definition) is 9. The maximum atomic E-state index is 15.3. The molecule has 238 valence electrons. The van der Waals surface area contributed by atoms with Gasteiger partial charge in [-0.2, -0.15) is 0 Å². The van der Waals surface area contributed by atoms with E-state index in [1.165, 1.54) is 32.4 Å². The second-order valence-corrected chi connectivity index (χ2v) is 13.9. The predicted molar refractivity (Wildman–Crippen MR) is 174 cm³/mol. The smallest absolute Gasteiger partial charge is 0.274 e. The van der Waals surface area contributed by atoms with Crippen LogP contribution in [0.1, 0.15) is 11.1 Å².